The van der Waals surface area contributed by atoms with E-state index >= 15 is 0 Å². The number of aldehydes is 1. The first kappa shape index (κ1) is 9.45. The van der Waals surface area contributed by atoms with Crippen LogP contribution in [0.2, 0.25) is 0 Å². The summed E-state index contributed by atoms with van der Waals surface area (Å²) in [7, 11) is 0. The van der Waals surface area contributed by atoms with E-state index in [1.54, 1.807) is 6.07 Å². The highest BCUT2D eigenvalue weighted by molar-refractivity contribution is 6.07. The van der Waals surface area contributed by atoms with Gasteiger partial charge in [-0.25, -0.2) is 4.79 Å². The molecule has 4 heteroatoms. The fourth-order valence-corrected chi connectivity index (χ4v) is 1.62. The molecule has 2 aromatic rings. The lowest BCUT2D eigenvalue weighted by Gasteiger charge is -1.92. The molecule has 0 aliphatic heterocycles. The van der Waals surface area contributed by atoms with Crippen LogP contribution < -0.4 is 0 Å². The summed E-state index contributed by atoms with van der Waals surface area (Å²) in [5.74, 6) is -1.12. The molecule has 0 radical (unpaired) electrons. The zero-order valence-corrected chi connectivity index (χ0v) is 8.07. The number of hydrogen-bond acceptors (Lipinski definition) is 2. The number of carbonyl (C=O) groups is 2. The van der Waals surface area contributed by atoms with Crippen LogP contribution in [0.3, 0.4) is 0 Å². The first-order valence-electron chi connectivity index (χ1n) is 4.44. The second kappa shape index (κ2) is 3.24. The summed E-state index contributed by atoms with van der Waals surface area (Å²) in [5, 5.41) is 9.52. The SMILES string of the molecule is Cc1ccc2c(C=O)c(C(=O)O)[nH]c2c1. The molecule has 0 bridgehead atoms. The number of aromatic amines is 1. The molecule has 0 fully saturated rings. The van der Waals surface area contributed by atoms with Crippen molar-refractivity contribution >= 4 is 23.2 Å². The molecule has 0 atom stereocenters. The molecule has 1 heterocycles. The quantitative estimate of drug-likeness (QED) is 0.733. The summed E-state index contributed by atoms with van der Waals surface area (Å²) >= 11 is 0. The maximum atomic E-state index is 10.8. The Morgan fingerprint density at radius 2 is 2.20 bits per heavy atom. The number of H-pyrrole nitrogens is 1. The number of carboxylic acids is 1. The zero-order valence-electron chi connectivity index (χ0n) is 8.07. The molecule has 0 spiro atoms. The molecule has 76 valence electrons. The normalized spacial score (nSPS) is 10.5. The molecular formula is C11H9NO3. The minimum absolute atomic E-state index is 0.0504. The van der Waals surface area contributed by atoms with Crippen LogP contribution in [-0.2, 0) is 0 Å². The molecular weight excluding hydrogens is 194 g/mol. The number of aromatic carboxylic acids is 1. The number of fused-ring (bicyclic) bond motifs is 1. The third-order valence-corrected chi connectivity index (χ3v) is 2.33. The molecule has 0 unspecified atom stereocenters. The van der Waals surface area contributed by atoms with Gasteiger partial charge in [-0.2, -0.15) is 0 Å². The van der Waals surface area contributed by atoms with Crippen molar-refractivity contribution in [3.05, 3.63) is 35.0 Å². The van der Waals surface area contributed by atoms with Crippen LogP contribution in [0.1, 0.15) is 26.4 Å². The highest BCUT2D eigenvalue weighted by atomic mass is 16.4. The van der Waals surface area contributed by atoms with Crippen molar-refractivity contribution in [2.24, 2.45) is 0 Å². The standard InChI is InChI=1S/C11H9NO3/c1-6-2-3-7-8(5-13)10(11(14)15)12-9(7)4-6/h2-5,12H,1H3,(H,14,15). The smallest absolute Gasteiger partial charge is 0.353 e. The largest absolute Gasteiger partial charge is 0.477 e. The van der Waals surface area contributed by atoms with E-state index in [0.29, 0.717) is 17.2 Å². The number of nitrogens with one attached hydrogen (secondary N) is 1. The molecule has 15 heavy (non-hydrogen) atoms. The Balaban J connectivity index is 2.84. The number of benzene rings is 1. The van der Waals surface area contributed by atoms with Gasteiger partial charge in [-0.1, -0.05) is 12.1 Å². The summed E-state index contributed by atoms with van der Waals surface area (Å²) in [6.07, 6.45) is 0.567. The fraction of sp³-hybridized carbons (Fsp3) is 0.0909. The Bertz CT molecular complexity index is 554. The minimum atomic E-state index is -1.12. The van der Waals surface area contributed by atoms with Gasteiger partial charge in [0, 0.05) is 10.9 Å². The number of carboxylic acid groups (broad SMARTS) is 1. The average molecular weight is 203 g/mol. The fourth-order valence-electron chi connectivity index (χ4n) is 1.62. The molecule has 0 amide bonds. The lowest BCUT2D eigenvalue weighted by molar-refractivity contribution is 0.0688. The molecule has 0 saturated heterocycles. The lowest BCUT2D eigenvalue weighted by atomic mass is 10.1. The number of aromatic nitrogens is 1. The molecule has 4 nitrogen and oxygen atoms in total. The Hall–Kier alpha value is -2.10. The zero-order chi connectivity index (χ0) is 11.0. The Morgan fingerprint density at radius 1 is 1.47 bits per heavy atom. The summed E-state index contributed by atoms with van der Waals surface area (Å²) in [6.45, 7) is 1.90. The molecule has 0 aliphatic rings. The summed E-state index contributed by atoms with van der Waals surface area (Å²) in [5.41, 5.74) is 1.84. The first-order valence-corrected chi connectivity index (χ1v) is 4.44. The Morgan fingerprint density at radius 3 is 2.80 bits per heavy atom. The van der Waals surface area contributed by atoms with Crippen LogP contribution in [-0.4, -0.2) is 22.3 Å². The molecule has 1 aromatic carbocycles. The van der Waals surface area contributed by atoms with Crippen molar-refractivity contribution in [3.63, 3.8) is 0 Å². The van der Waals surface area contributed by atoms with Gasteiger partial charge in [0.15, 0.2) is 6.29 Å². The molecule has 2 rings (SSSR count). The van der Waals surface area contributed by atoms with Gasteiger partial charge in [-0.3, -0.25) is 4.79 Å². The maximum absolute atomic E-state index is 10.8. The number of carbonyl (C=O) groups excluding carboxylic acids is 1. The van der Waals surface area contributed by atoms with Gasteiger partial charge in [0.25, 0.3) is 0 Å². The third kappa shape index (κ3) is 1.40. The van der Waals surface area contributed by atoms with E-state index in [2.05, 4.69) is 4.98 Å². The minimum Gasteiger partial charge on any atom is -0.477 e. The van der Waals surface area contributed by atoms with Crippen molar-refractivity contribution in [3.8, 4) is 0 Å². The molecule has 0 saturated carbocycles. The number of aryl methyl sites for hydroxylation is 1. The highest BCUT2D eigenvalue weighted by Gasteiger charge is 2.15. The summed E-state index contributed by atoms with van der Waals surface area (Å²) in [4.78, 5) is 24.4. The lowest BCUT2D eigenvalue weighted by Crippen LogP contribution is -2.00. The van der Waals surface area contributed by atoms with E-state index in [1.165, 1.54) is 0 Å². The van der Waals surface area contributed by atoms with Gasteiger partial charge in [0.1, 0.15) is 5.69 Å². The highest BCUT2D eigenvalue weighted by Crippen LogP contribution is 2.21. The maximum Gasteiger partial charge on any atom is 0.353 e. The molecule has 2 N–H and O–H groups in total. The third-order valence-electron chi connectivity index (χ3n) is 2.33. The second-order valence-electron chi connectivity index (χ2n) is 3.39. The van der Waals surface area contributed by atoms with E-state index in [9.17, 15) is 9.59 Å². The van der Waals surface area contributed by atoms with E-state index in [0.717, 1.165) is 5.56 Å². The molecule has 1 aromatic heterocycles. The number of hydrogen-bond donors (Lipinski definition) is 2. The van der Waals surface area contributed by atoms with Gasteiger partial charge in [0.05, 0.1) is 5.56 Å². The molecule has 0 aliphatic carbocycles. The van der Waals surface area contributed by atoms with Gasteiger partial charge in [0.2, 0.25) is 0 Å². The average Bonchev–Trinajstić information content (AvgIpc) is 2.55. The van der Waals surface area contributed by atoms with E-state index in [1.807, 2.05) is 19.1 Å². The summed E-state index contributed by atoms with van der Waals surface area (Å²) in [6, 6.07) is 5.40. The van der Waals surface area contributed by atoms with Crippen LogP contribution in [0.4, 0.5) is 0 Å². The van der Waals surface area contributed by atoms with Crippen molar-refractivity contribution in [1.82, 2.24) is 4.98 Å². The van der Waals surface area contributed by atoms with Crippen LogP contribution in [0.5, 0.6) is 0 Å². The summed E-state index contributed by atoms with van der Waals surface area (Å²) < 4.78 is 0. The van der Waals surface area contributed by atoms with Gasteiger partial charge in [-0.05, 0) is 18.6 Å². The van der Waals surface area contributed by atoms with Gasteiger partial charge < -0.3 is 10.1 Å². The van der Waals surface area contributed by atoms with Gasteiger partial charge in [-0.15, -0.1) is 0 Å². The number of rotatable bonds is 2. The van der Waals surface area contributed by atoms with E-state index in [4.69, 9.17) is 5.11 Å². The van der Waals surface area contributed by atoms with Gasteiger partial charge >= 0.3 is 5.97 Å². The van der Waals surface area contributed by atoms with Crippen molar-refractivity contribution in [2.45, 2.75) is 6.92 Å². The van der Waals surface area contributed by atoms with Crippen LogP contribution in [0.25, 0.3) is 10.9 Å². The predicted molar refractivity (Wildman–Crippen MR) is 55.4 cm³/mol. The van der Waals surface area contributed by atoms with Crippen LogP contribution >= 0.6 is 0 Å². The second-order valence-corrected chi connectivity index (χ2v) is 3.39. The van der Waals surface area contributed by atoms with E-state index in [-0.39, 0.29) is 11.3 Å². The van der Waals surface area contributed by atoms with E-state index < -0.39 is 5.97 Å². The van der Waals surface area contributed by atoms with Crippen LogP contribution in [0.15, 0.2) is 18.2 Å². The monoisotopic (exact) mass is 203 g/mol. The van der Waals surface area contributed by atoms with Crippen molar-refractivity contribution in [1.29, 1.82) is 0 Å². The Kier molecular flexibility index (Phi) is 2.04. The Labute approximate surface area is 85.5 Å². The first-order chi connectivity index (χ1) is 7.13. The topological polar surface area (TPSA) is 70.2 Å². The predicted octanol–water partition coefficient (Wildman–Crippen LogP) is 1.99. The van der Waals surface area contributed by atoms with Crippen molar-refractivity contribution in [2.75, 3.05) is 0 Å². The van der Waals surface area contributed by atoms with Crippen molar-refractivity contribution < 1.29 is 14.7 Å². The van der Waals surface area contributed by atoms with Crippen LogP contribution in [0, 0.1) is 6.92 Å².